The van der Waals surface area contributed by atoms with Crippen molar-refractivity contribution in [2.75, 3.05) is 6.61 Å². The maximum Gasteiger partial charge on any atom is 0.321 e. The highest BCUT2D eigenvalue weighted by Crippen LogP contribution is 2.37. The zero-order valence-corrected chi connectivity index (χ0v) is 23.5. The molecule has 3 unspecified atom stereocenters. The molecule has 1 aromatic rings. The van der Waals surface area contributed by atoms with E-state index < -0.39 is 46.6 Å². The van der Waals surface area contributed by atoms with Gasteiger partial charge in [-0.3, -0.25) is 19.2 Å². The lowest BCUT2D eigenvalue weighted by Gasteiger charge is -2.28. The minimum Gasteiger partial charge on any atom is -0.480 e. The van der Waals surface area contributed by atoms with Crippen molar-refractivity contribution < 1.29 is 38.5 Å². The van der Waals surface area contributed by atoms with Crippen LogP contribution in [0.2, 0.25) is 0 Å². The maximum atomic E-state index is 12.7. The first-order valence-electron chi connectivity index (χ1n) is 12.6. The van der Waals surface area contributed by atoms with Gasteiger partial charge in [0, 0.05) is 5.92 Å². The molecule has 0 saturated carbocycles. The number of hydrogen-bond acceptors (Lipinski definition) is 8. The predicted molar refractivity (Wildman–Crippen MR) is 139 cm³/mol. The first-order valence-corrected chi connectivity index (χ1v) is 12.6. The Morgan fingerprint density at radius 1 is 0.919 bits per heavy atom. The SMILES string of the molecule is CCCC(C)C(=O)OCC(C)C(c1ccc(OC(=O)C(C)(C)C)c(OC(=O)C(C)(C)C)c1)[C@H](N)C(=O)O. The number of carbonyl (C=O) groups excluding carboxylic acids is 3. The Labute approximate surface area is 220 Å². The average Bonchev–Trinajstić information content (AvgIpc) is 2.77. The fraction of sp³-hybridized carbons (Fsp3) is 0.643. The molecule has 1 aromatic carbocycles. The number of nitrogens with two attached hydrogens (primary N) is 1. The first kappa shape index (κ1) is 32.1. The van der Waals surface area contributed by atoms with Crippen molar-refractivity contribution in [2.24, 2.45) is 28.4 Å². The van der Waals surface area contributed by atoms with Crippen LogP contribution in [-0.4, -0.2) is 41.6 Å². The minimum atomic E-state index is -1.34. The Morgan fingerprint density at radius 2 is 1.43 bits per heavy atom. The minimum absolute atomic E-state index is 0.0244. The summed E-state index contributed by atoms with van der Waals surface area (Å²) in [5, 5.41) is 9.70. The van der Waals surface area contributed by atoms with E-state index in [9.17, 15) is 24.3 Å². The number of benzene rings is 1. The molecule has 4 atom stereocenters. The van der Waals surface area contributed by atoms with Gasteiger partial charge in [-0.05, 0) is 71.6 Å². The predicted octanol–water partition coefficient (Wildman–Crippen LogP) is 4.70. The number of ether oxygens (including phenoxy) is 3. The van der Waals surface area contributed by atoms with Crippen LogP contribution >= 0.6 is 0 Å². The van der Waals surface area contributed by atoms with Crippen LogP contribution in [0.15, 0.2) is 18.2 Å². The van der Waals surface area contributed by atoms with Crippen molar-refractivity contribution in [3.8, 4) is 11.5 Å². The molecule has 0 aromatic heterocycles. The molecule has 37 heavy (non-hydrogen) atoms. The molecule has 0 aliphatic rings. The van der Waals surface area contributed by atoms with Gasteiger partial charge in [0.1, 0.15) is 6.04 Å². The smallest absolute Gasteiger partial charge is 0.321 e. The van der Waals surface area contributed by atoms with Gasteiger partial charge in [0.05, 0.1) is 23.4 Å². The fourth-order valence-corrected chi connectivity index (χ4v) is 3.46. The number of carboxylic acids is 1. The average molecular weight is 522 g/mol. The summed E-state index contributed by atoms with van der Waals surface area (Å²) in [5.41, 5.74) is 4.84. The maximum absolute atomic E-state index is 12.7. The number of carbonyl (C=O) groups is 4. The fourth-order valence-electron chi connectivity index (χ4n) is 3.46. The standard InChI is InChI=1S/C28H43NO8/c1-10-11-16(2)24(32)35-15-17(3)21(22(29)23(30)31)18-12-13-19(36-25(33)27(4,5)6)20(14-18)37-26(34)28(7,8)9/h12-14,16-17,21-22H,10-11,15,29H2,1-9H3,(H,30,31)/t16?,17?,21?,22-/m0/s1. The Bertz CT molecular complexity index is 973. The van der Waals surface area contributed by atoms with E-state index in [4.69, 9.17) is 19.9 Å². The van der Waals surface area contributed by atoms with E-state index in [-0.39, 0.29) is 30.0 Å². The zero-order chi connectivity index (χ0) is 28.7. The van der Waals surface area contributed by atoms with Crippen molar-refractivity contribution in [3.63, 3.8) is 0 Å². The highest BCUT2D eigenvalue weighted by Gasteiger charge is 2.34. The molecular weight excluding hydrogens is 478 g/mol. The van der Waals surface area contributed by atoms with Gasteiger partial charge in [0.2, 0.25) is 0 Å². The zero-order valence-electron chi connectivity index (χ0n) is 23.5. The molecule has 0 spiro atoms. The largest absolute Gasteiger partial charge is 0.480 e. The van der Waals surface area contributed by atoms with Gasteiger partial charge in [-0.15, -0.1) is 0 Å². The summed E-state index contributed by atoms with van der Waals surface area (Å²) in [6.45, 7) is 15.6. The topological polar surface area (TPSA) is 142 Å². The van der Waals surface area contributed by atoms with E-state index in [1.165, 1.54) is 12.1 Å². The van der Waals surface area contributed by atoms with Crippen molar-refractivity contribution in [1.82, 2.24) is 0 Å². The van der Waals surface area contributed by atoms with E-state index in [2.05, 4.69) is 0 Å². The summed E-state index contributed by atoms with van der Waals surface area (Å²) < 4.78 is 16.6. The molecule has 0 heterocycles. The van der Waals surface area contributed by atoms with Gasteiger partial charge in [-0.2, -0.15) is 0 Å². The second-order valence-electron chi connectivity index (χ2n) is 11.7. The molecule has 1 rings (SSSR count). The van der Waals surface area contributed by atoms with Crippen molar-refractivity contribution in [1.29, 1.82) is 0 Å². The second kappa shape index (κ2) is 13.0. The van der Waals surface area contributed by atoms with Gasteiger partial charge in [-0.25, -0.2) is 0 Å². The van der Waals surface area contributed by atoms with E-state index in [0.29, 0.717) is 12.0 Å². The quantitative estimate of drug-likeness (QED) is 0.313. The Balaban J connectivity index is 3.44. The summed E-state index contributed by atoms with van der Waals surface area (Å²) in [7, 11) is 0. The summed E-state index contributed by atoms with van der Waals surface area (Å²) >= 11 is 0. The van der Waals surface area contributed by atoms with Crippen molar-refractivity contribution in [2.45, 2.75) is 87.1 Å². The molecule has 0 radical (unpaired) electrons. The molecular formula is C28H43NO8. The number of esters is 3. The molecule has 0 fully saturated rings. The molecule has 208 valence electrons. The Kier molecular flexibility index (Phi) is 11.3. The number of carboxylic acid groups (broad SMARTS) is 1. The molecule has 0 aliphatic carbocycles. The summed E-state index contributed by atoms with van der Waals surface area (Å²) in [4.78, 5) is 49.4. The summed E-state index contributed by atoms with van der Waals surface area (Å²) in [5.74, 6) is -4.26. The van der Waals surface area contributed by atoms with Crippen LogP contribution in [0.1, 0.15) is 86.6 Å². The van der Waals surface area contributed by atoms with Crippen LogP contribution in [0.4, 0.5) is 0 Å². The molecule has 9 heteroatoms. The highest BCUT2D eigenvalue weighted by atomic mass is 16.6. The van der Waals surface area contributed by atoms with Gasteiger partial charge in [0.25, 0.3) is 0 Å². The van der Waals surface area contributed by atoms with E-state index in [1.54, 1.807) is 61.5 Å². The van der Waals surface area contributed by atoms with Gasteiger partial charge in [0.15, 0.2) is 11.5 Å². The Hall–Kier alpha value is -2.94. The van der Waals surface area contributed by atoms with Gasteiger partial charge >= 0.3 is 23.9 Å². The summed E-state index contributed by atoms with van der Waals surface area (Å²) in [6, 6.07) is 3.15. The lowest BCUT2D eigenvalue weighted by Crippen LogP contribution is -2.41. The molecule has 0 amide bonds. The number of hydrogen-bond donors (Lipinski definition) is 2. The van der Waals surface area contributed by atoms with Crippen LogP contribution in [0, 0.1) is 22.7 Å². The van der Waals surface area contributed by atoms with Gasteiger partial charge < -0.3 is 25.1 Å². The third kappa shape index (κ3) is 9.46. The number of rotatable bonds is 11. The molecule has 0 aliphatic heterocycles. The second-order valence-corrected chi connectivity index (χ2v) is 11.7. The van der Waals surface area contributed by atoms with E-state index >= 15 is 0 Å². The van der Waals surface area contributed by atoms with Crippen molar-refractivity contribution in [3.05, 3.63) is 23.8 Å². The summed E-state index contributed by atoms with van der Waals surface area (Å²) in [6.07, 6.45) is 1.52. The molecule has 0 bridgehead atoms. The van der Waals surface area contributed by atoms with Crippen molar-refractivity contribution >= 4 is 23.9 Å². The molecule has 0 saturated heterocycles. The van der Waals surface area contributed by atoms with Crippen LogP contribution in [0.5, 0.6) is 11.5 Å². The first-order chi connectivity index (χ1) is 16.9. The lowest BCUT2D eigenvalue weighted by molar-refractivity contribution is -0.150. The third-order valence-electron chi connectivity index (χ3n) is 5.88. The third-order valence-corrected chi connectivity index (χ3v) is 5.88. The number of aliphatic carboxylic acids is 1. The lowest BCUT2D eigenvalue weighted by atomic mass is 9.82. The molecule has 3 N–H and O–H groups in total. The Morgan fingerprint density at radius 3 is 1.89 bits per heavy atom. The van der Waals surface area contributed by atoms with Gasteiger partial charge in [-0.1, -0.05) is 33.3 Å². The highest BCUT2D eigenvalue weighted by molar-refractivity contribution is 5.81. The van der Waals surface area contributed by atoms with E-state index in [1.807, 2.05) is 6.92 Å². The van der Waals surface area contributed by atoms with E-state index in [0.717, 1.165) is 6.42 Å². The van der Waals surface area contributed by atoms with Crippen LogP contribution < -0.4 is 15.2 Å². The monoisotopic (exact) mass is 521 g/mol. The molecule has 9 nitrogen and oxygen atoms in total. The van der Waals surface area contributed by atoms with Crippen LogP contribution in [0.25, 0.3) is 0 Å². The normalized spacial score (nSPS) is 15.2. The van der Waals surface area contributed by atoms with Crippen LogP contribution in [-0.2, 0) is 23.9 Å². The van der Waals surface area contributed by atoms with Crippen LogP contribution in [0.3, 0.4) is 0 Å².